The van der Waals surface area contributed by atoms with Crippen LogP contribution in [-0.2, 0) is 14.3 Å². The molecule has 0 aromatic heterocycles. The number of hydrogen-bond donors (Lipinski definition) is 1. The molecule has 22 heavy (non-hydrogen) atoms. The fraction of sp³-hybridized carbons (Fsp3) is 0.778. The van der Waals surface area contributed by atoms with Gasteiger partial charge in [-0.2, -0.15) is 0 Å². The van der Waals surface area contributed by atoms with Crippen LogP contribution in [-0.4, -0.2) is 24.2 Å². The molecule has 126 valence electrons. The van der Waals surface area contributed by atoms with Crippen LogP contribution in [0.25, 0.3) is 0 Å². The molecule has 0 radical (unpaired) electrons. The topological polar surface area (TPSA) is 63.6 Å². The summed E-state index contributed by atoms with van der Waals surface area (Å²) >= 11 is 0. The minimum atomic E-state index is -0.918. The second-order valence-electron chi connectivity index (χ2n) is 5.55. The monoisotopic (exact) mass is 310 g/mol. The highest BCUT2D eigenvalue weighted by Crippen LogP contribution is 2.10. The molecule has 0 aromatic rings. The molecule has 0 aliphatic carbocycles. The number of rotatable bonds is 12. The molecule has 0 aromatic carbocycles. The molecule has 1 atom stereocenters. The van der Waals surface area contributed by atoms with Crippen LogP contribution < -0.4 is 0 Å². The largest absolute Gasteiger partial charge is 0.481 e. The number of carboxylic acids is 1. The lowest BCUT2D eigenvalue weighted by molar-refractivity contribution is -0.144. The second-order valence-corrected chi connectivity index (χ2v) is 5.55. The first-order chi connectivity index (χ1) is 10.6. The lowest BCUT2D eigenvalue weighted by Gasteiger charge is -2.06. The number of hydrogen-bond acceptors (Lipinski definition) is 3. The van der Waals surface area contributed by atoms with E-state index in [1.165, 1.54) is 52.1 Å². The lowest BCUT2D eigenvalue weighted by atomic mass is 10.0. The molecule has 1 unspecified atom stereocenters. The number of ether oxygens (including phenoxy) is 1. The van der Waals surface area contributed by atoms with Gasteiger partial charge in [-0.05, 0) is 12.8 Å². The maximum absolute atomic E-state index is 11.5. The van der Waals surface area contributed by atoms with Crippen LogP contribution in [0.3, 0.4) is 0 Å². The quantitative estimate of drug-likeness (QED) is 0.334. The Morgan fingerprint density at radius 2 is 1.64 bits per heavy atom. The Hall–Kier alpha value is -1.50. The number of unbranched alkanes of at least 4 members (excludes halogenated alkanes) is 8. The van der Waals surface area contributed by atoms with Crippen molar-refractivity contribution in [1.29, 1.82) is 0 Å². The lowest BCUT2D eigenvalue weighted by Crippen LogP contribution is -2.15. The second kappa shape index (κ2) is 14.4. The van der Waals surface area contributed by atoms with E-state index in [9.17, 15) is 9.59 Å². The highest BCUT2D eigenvalue weighted by molar-refractivity contribution is 5.76. The normalized spacial score (nSPS) is 11.4. The number of carbonyl (C=O) groups is 2. The zero-order chi connectivity index (χ0) is 16.6. The van der Waals surface area contributed by atoms with Crippen molar-refractivity contribution in [2.45, 2.75) is 77.6 Å². The molecule has 0 saturated heterocycles. The summed E-state index contributed by atoms with van der Waals surface area (Å²) in [5.74, 6) is 3.88. The Bertz CT molecular complexity index is 365. The standard InChI is InChI=1S/C18H30O4/c1-3-4-5-6-7-8-9-10-11-12-13-16(18(21)22-2)14-15-17(19)20/h16H,3-11,14-15H2,1-2H3,(H,19,20). The number of carboxylic acid groups (broad SMARTS) is 1. The van der Waals surface area contributed by atoms with Gasteiger partial charge < -0.3 is 9.84 Å². The van der Waals surface area contributed by atoms with Crippen molar-refractivity contribution >= 4 is 11.9 Å². The first-order valence-electron chi connectivity index (χ1n) is 8.39. The molecule has 0 heterocycles. The number of esters is 1. The zero-order valence-electron chi connectivity index (χ0n) is 14.0. The maximum atomic E-state index is 11.5. The molecule has 0 aliphatic heterocycles. The molecule has 4 nitrogen and oxygen atoms in total. The van der Waals surface area contributed by atoms with E-state index in [4.69, 9.17) is 5.11 Å². The molecular formula is C18H30O4. The van der Waals surface area contributed by atoms with Crippen molar-refractivity contribution in [3.05, 3.63) is 0 Å². The summed E-state index contributed by atoms with van der Waals surface area (Å²) in [5.41, 5.74) is 0. The van der Waals surface area contributed by atoms with Gasteiger partial charge in [-0.25, -0.2) is 0 Å². The average molecular weight is 310 g/mol. The van der Waals surface area contributed by atoms with E-state index in [0.29, 0.717) is 0 Å². The molecule has 0 saturated carbocycles. The van der Waals surface area contributed by atoms with Gasteiger partial charge in [0.15, 0.2) is 0 Å². The van der Waals surface area contributed by atoms with E-state index in [2.05, 4.69) is 23.5 Å². The predicted octanol–water partition coefficient (Wildman–Crippen LogP) is 4.17. The van der Waals surface area contributed by atoms with Gasteiger partial charge in [0.1, 0.15) is 5.92 Å². The van der Waals surface area contributed by atoms with Gasteiger partial charge in [-0.1, -0.05) is 57.8 Å². The SMILES string of the molecule is CCCCCCCCCCC#CC(CCC(=O)O)C(=O)OC. The zero-order valence-corrected chi connectivity index (χ0v) is 14.0. The van der Waals surface area contributed by atoms with E-state index < -0.39 is 17.9 Å². The van der Waals surface area contributed by atoms with Gasteiger partial charge in [-0.3, -0.25) is 9.59 Å². The number of methoxy groups -OCH3 is 1. The van der Waals surface area contributed by atoms with Crippen molar-refractivity contribution in [3.63, 3.8) is 0 Å². The van der Waals surface area contributed by atoms with E-state index in [-0.39, 0.29) is 12.8 Å². The van der Waals surface area contributed by atoms with Crippen LogP contribution in [0.1, 0.15) is 77.6 Å². The van der Waals surface area contributed by atoms with Gasteiger partial charge in [0, 0.05) is 12.8 Å². The number of carbonyl (C=O) groups excluding carboxylic acids is 1. The third kappa shape index (κ3) is 12.3. The Morgan fingerprint density at radius 1 is 1.05 bits per heavy atom. The Balaban J connectivity index is 3.82. The summed E-state index contributed by atoms with van der Waals surface area (Å²) in [4.78, 5) is 22.1. The fourth-order valence-corrected chi connectivity index (χ4v) is 2.20. The smallest absolute Gasteiger partial charge is 0.320 e. The van der Waals surface area contributed by atoms with Crippen LogP contribution >= 0.6 is 0 Å². The minimum absolute atomic E-state index is 0.0633. The Morgan fingerprint density at radius 3 is 2.18 bits per heavy atom. The first-order valence-corrected chi connectivity index (χ1v) is 8.39. The molecule has 0 amide bonds. The van der Waals surface area contributed by atoms with Crippen molar-refractivity contribution in [2.24, 2.45) is 5.92 Å². The molecule has 0 bridgehead atoms. The maximum Gasteiger partial charge on any atom is 0.320 e. The van der Waals surface area contributed by atoms with Gasteiger partial charge in [0.25, 0.3) is 0 Å². The van der Waals surface area contributed by atoms with Gasteiger partial charge in [0.2, 0.25) is 0 Å². The fourth-order valence-electron chi connectivity index (χ4n) is 2.20. The van der Waals surface area contributed by atoms with Crippen LogP contribution in [0.15, 0.2) is 0 Å². The molecule has 0 fully saturated rings. The van der Waals surface area contributed by atoms with Crippen LogP contribution in [0.5, 0.6) is 0 Å². The van der Waals surface area contributed by atoms with Crippen molar-refractivity contribution < 1.29 is 19.4 Å². The molecule has 4 heteroatoms. The van der Waals surface area contributed by atoms with Crippen LogP contribution in [0.4, 0.5) is 0 Å². The molecule has 1 N–H and O–H groups in total. The molecule has 0 rings (SSSR count). The van der Waals surface area contributed by atoms with E-state index >= 15 is 0 Å². The summed E-state index contributed by atoms with van der Waals surface area (Å²) in [5, 5.41) is 8.66. The number of aliphatic carboxylic acids is 1. The summed E-state index contributed by atoms with van der Waals surface area (Å²) < 4.78 is 4.65. The minimum Gasteiger partial charge on any atom is -0.481 e. The summed E-state index contributed by atoms with van der Waals surface area (Å²) in [6, 6.07) is 0. The molecular weight excluding hydrogens is 280 g/mol. The summed E-state index contributed by atoms with van der Waals surface area (Å²) in [6.45, 7) is 2.22. The van der Waals surface area contributed by atoms with Crippen LogP contribution in [0, 0.1) is 17.8 Å². The average Bonchev–Trinajstić information content (AvgIpc) is 2.51. The molecule has 0 spiro atoms. The van der Waals surface area contributed by atoms with E-state index in [1.54, 1.807) is 0 Å². The van der Waals surface area contributed by atoms with E-state index in [0.717, 1.165) is 12.8 Å². The summed E-state index contributed by atoms with van der Waals surface area (Å²) in [6.07, 6.45) is 10.9. The Kier molecular flexibility index (Phi) is 13.5. The van der Waals surface area contributed by atoms with Crippen molar-refractivity contribution in [3.8, 4) is 11.8 Å². The van der Waals surface area contributed by atoms with Crippen molar-refractivity contribution in [1.82, 2.24) is 0 Å². The van der Waals surface area contributed by atoms with Gasteiger partial charge >= 0.3 is 11.9 Å². The third-order valence-corrected chi connectivity index (χ3v) is 3.56. The Labute approximate surface area is 134 Å². The van der Waals surface area contributed by atoms with Crippen LogP contribution in [0.2, 0.25) is 0 Å². The first kappa shape index (κ1) is 20.5. The van der Waals surface area contributed by atoms with Crippen molar-refractivity contribution in [2.75, 3.05) is 7.11 Å². The predicted molar refractivity (Wildman–Crippen MR) is 87.4 cm³/mol. The highest BCUT2D eigenvalue weighted by atomic mass is 16.5. The third-order valence-electron chi connectivity index (χ3n) is 3.56. The van der Waals surface area contributed by atoms with E-state index in [1.807, 2.05) is 0 Å². The highest BCUT2D eigenvalue weighted by Gasteiger charge is 2.17. The molecule has 0 aliphatic rings. The van der Waals surface area contributed by atoms with Gasteiger partial charge in [-0.15, -0.1) is 5.92 Å². The summed E-state index contributed by atoms with van der Waals surface area (Å²) in [7, 11) is 1.30. The van der Waals surface area contributed by atoms with Gasteiger partial charge in [0.05, 0.1) is 7.11 Å².